The lowest BCUT2D eigenvalue weighted by Gasteiger charge is -2.34. The van der Waals surface area contributed by atoms with E-state index in [1.807, 2.05) is 0 Å². The lowest BCUT2D eigenvalue weighted by Crippen LogP contribution is -2.41. The highest BCUT2D eigenvalue weighted by atomic mass is 16.5. The van der Waals surface area contributed by atoms with Crippen molar-refractivity contribution in [2.75, 3.05) is 13.2 Å². The Balaban J connectivity index is 1.82. The average molecular weight is 155 g/mol. The Hall–Kier alpha value is -0.0800. The summed E-state index contributed by atoms with van der Waals surface area (Å²) in [4.78, 5) is 0. The predicted octanol–water partition coefficient (Wildman–Crippen LogP) is 1.15. The molecule has 2 fully saturated rings. The van der Waals surface area contributed by atoms with E-state index in [2.05, 4.69) is 0 Å². The van der Waals surface area contributed by atoms with Gasteiger partial charge in [-0.25, -0.2) is 0 Å². The largest absolute Gasteiger partial charge is 0.381 e. The third-order valence-corrected chi connectivity index (χ3v) is 3.20. The highest BCUT2D eigenvalue weighted by molar-refractivity contribution is 4.86. The van der Waals surface area contributed by atoms with Gasteiger partial charge in [0.1, 0.15) is 0 Å². The molecule has 0 radical (unpaired) electrons. The van der Waals surface area contributed by atoms with Crippen molar-refractivity contribution in [1.82, 2.24) is 0 Å². The van der Waals surface area contributed by atoms with Gasteiger partial charge in [-0.2, -0.15) is 0 Å². The van der Waals surface area contributed by atoms with Crippen LogP contribution in [0.4, 0.5) is 0 Å². The molecule has 11 heavy (non-hydrogen) atoms. The van der Waals surface area contributed by atoms with Crippen LogP contribution >= 0.6 is 0 Å². The van der Waals surface area contributed by atoms with Crippen LogP contribution in [-0.2, 0) is 4.74 Å². The van der Waals surface area contributed by atoms with Gasteiger partial charge in [0.25, 0.3) is 0 Å². The first-order valence-electron chi connectivity index (χ1n) is 4.71. The maximum atomic E-state index is 6.10. The normalized spacial score (nSPS) is 35.2. The van der Waals surface area contributed by atoms with Gasteiger partial charge in [0.15, 0.2) is 0 Å². The molecule has 0 bridgehead atoms. The fraction of sp³-hybridized carbons (Fsp3) is 1.00. The van der Waals surface area contributed by atoms with Gasteiger partial charge >= 0.3 is 0 Å². The molecule has 1 saturated carbocycles. The minimum Gasteiger partial charge on any atom is -0.381 e. The van der Waals surface area contributed by atoms with Crippen molar-refractivity contribution in [3.8, 4) is 0 Å². The minimum atomic E-state index is 0.436. The second kappa shape index (κ2) is 3.11. The van der Waals surface area contributed by atoms with Crippen molar-refractivity contribution in [3.05, 3.63) is 0 Å². The van der Waals surface area contributed by atoms with Crippen LogP contribution in [0.5, 0.6) is 0 Å². The summed E-state index contributed by atoms with van der Waals surface area (Å²) >= 11 is 0. The van der Waals surface area contributed by atoms with Crippen LogP contribution in [0.2, 0.25) is 0 Å². The zero-order chi connectivity index (χ0) is 7.68. The molecule has 1 aliphatic carbocycles. The van der Waals surface area contributed by atoms with Crippen LogP contribution in [-0.4, -0.2) is 19.3 Å². The summed E-state index contributed by atoms with van der Waals surface area (Å²) < 4.78 is 5.32. The molecule has 64 valence electrons. The lowest BCUT2D eigenvalue weighted by molar-refractivity contribution is 0.156. The molecule has 2 heteroatoms. The second-order valence-electron chi connectivity index (χ2n) is 3.89. The van der Waals surface area contributed by atoms with E-state index in [1.165, 1.54) is 25.7 Å². The van der Waals surface area contributed by atoms with E-state index in [4.69, 9.17) is 10.5 Å². The van der Waals surface area contributed by atoms with Crippen molar-refractivity contribution in [2.24, 2.45) is 17.6 Å². The maximum absolute atomic E-state index is 6.10. The molecular formula is C9H17NO. The van der Waals surface area contributed by atoms with Gasteiger partial charge in [0.2, 0.25) is 0 Å². The summed E-state index contributed by atoms with van der Waals surface area (Å²) in [5.74, 6) is 1.49. The smallest absolute Gasteiger partial charge is 0.0510 e. The molecule has 0 amide bonds. The lowest BCUT2D eigenvalue weighted by atomic mass is 9.75. The van der Waals surface area contributed by atoms with E-state index in [9.17, 15) is 0 Å². The standard InChI is InChI=1S/C9H17NO/c10-9(7-2-1-3-7)8-4-5-11-6-8/h7-9H,1-6,10H2. The number of rotatable bonds is 2. The number of nitrogens with two attached hydrogens (primary N) is 1. The maximum Gasteiger partial charge on any atom is 0.0510 e. The molecule has 1 heterocycles. The third kappa shape index (κ3) is 1.42. The Morgan fingerprint density at radius 1 is 1.18 bits per heavy atom. The molecule has 0 aromatic carbocycles. The molecule has 1 aliphatic heterocycles. The van der Waals surface area contributed by atoms with Gasteiger partial charge in [-0.05, 0) is 31.1 Å². The van der Waals surface area contributed by atoms with Crippen LogP contribution < -0.4 is 5.73 Å². The molecule has 0 aromatic rings. The number of hydrogen-bond donors (Lipinski definition) is 1. The monoisotopic (exact) mass is 155 g/mol. The Bertz CT molecular complexity index is 128. The van der Waals surface area contributed by atoms with Gasteiger partial charge in [-0.15, -0.1) is 0 Å². The Kier molecular flexibility index (Phi) is 2.14. The molecule has 0 spiro atoms. The highest BCUT2D eigenvalue weighted by Crippen LogP contribution is 2.33. The zero-order valence-electron chi connectivity index (χ0n) is 6.96. The fourth-order valence-corrected chi connectivity index (χ4v) is 2.07. The van der Waals surface area contributed by atoms with Crippen molar-refractivity contribution in [2.45, 2.75) is 31.7 Å². The van der Waals surface area contributed by atoms with E-state index < -0.39 is 0 Å². The van der Waals surface area contributed by atoms with Gasteiger partial charge < -0.3 is 10.5 Å². The number of hydrogen-bond acceptors (Lipinski definition) is 2. The van der Waals surface area contributed by atoms with Gasteiger partial charge in [0, 0.05) is 12.6 Å². The first-order valence-corrected chi connectivity index (χ1v) is 4.71. The second-order valence-corrected chi connectivity index (χ2v) is 3.89. The minimum absolute atomic E-state index is 0.436. The molecule has 1 saturated heterocycles. The van der Waals surface area contributed by atoms with Gasteiger partial charge in [0.05, 0.1) is 6.61 Å². The summed E-state index contributed by atoms with van der Waals surface area (Å²) in [6.07, 6.45) is 5.30. The summed E-state index contributed by atoms with van der Waals surface area (Å²) in [5.41, 5.74) is 6.10. The Labute approximate surface area is 68.1 Å². The molecular weight excluding hydrogens is 138 g/mol. The molecule has 0 aromatic heterocycles. The van der Waals surface area contributed by atoms with Gasteiger partial charge in [-0.3, -0.25) is 0 Å². The zero-order valence-corrected chi connectivity index (χ0v) is 6.96. The van der Waals surface area contributed by atoms with E-state index in [0.29, 0.717) is 12.0 Å². The number of ether oxygens (including phenoxy) is 1. The van der Waals surface area contributed by atoms with E-state index >= 15 is 0 Å². The topological polar surface area (TPSA) is 35.2 Å². The van der Waals surface area contributed by atoms with Crippen molar-refractivity contribution in [1.29, 1.82) is 0 Å². The predicted molar refractivity (Wildman–Crippen MR) is 44.2 cm³/mol. The molecule has 2 rings (SSSR count). The van der Waals surface area contributed by atoms with Crippen LogP contribution in [0, 0.1) is 11.8 Å². The van der Waals surface area contributed by atoms with E-state index in [0.717, 1.165) is 19.1 Å². The molecule has 2 nitrogen and oxygen atoms in total. The van der Waals surface area contributed by atoms with Crippen molar-refractivity contribution in [3.63, 3.8) is 0 Å². The Morgan fingerprint density at radius 3 is 2.45 bits per heavy atom. The highest BCUT2D eigenvalue weighted by Gasteiger charge is 2.32. The van der Waals surface area contributed by atoms with Crippen molar-refractivity contribution >= 4 is 0 Å². The van der Waals surface area contributed by atoms with Crippen molar-refractivity contribution < 1.29 is 4.74 Å². The molecule has 2 N–H and O–H groups in total. The quantitative estimate of drug-likeness (QED) is 0.649. The van der Waals surface area contributed by atoms with Crippen LogP contribution in [0.3, 0.4) is 0 Å². The molecule has 2 unspecified atom stereocenters. The van der Waals surface area contributed by atoms with Gasteiger partial charge in [-0.1, -0.05) is 6.42 Å². The summed E-state index contributed by atoms with van der Waals surface area (Å²) in [6, 6.07) is 0.436. The third-order valence-electron chi connectivity index (χ3n) is 3.20. The summed E-state index contributed by atoms with van der Waals surface area (Å²) in [7, 11) is 0. The van der Waals surface area contributed by atoms with E-state index in [-0.39, 0.29) is 0 Å². The van der Waals surface area contributed by atoms with Crippen LogP contribution in [0.25, 0.3) is 0 Å². The first kappa shape index (κ1) is 7.56. The Morgan fingerprint density at radius 2 is 2.00 bits per heavy atom. The summed E-state index contributed by atoms with van der Waals surface area (Å²) in [6.45, 7) is 1.85. The SMILES string of the molecule is NC(C1CCC1)C1CCOC1. The first-order chi connectivity index (χ1) is 5.38. The summed E-state index contributed by atoms with van der Waals surface area (Å²) in [5, 5.41) is 0. The fourth-order valence-electron chi connectivity index (χ4n) is 2.07. The molecule has 2 aliphatic rings. The van der Waals surface area contributed by atoms with Crippen LogP contribution in [0.15, 0.2) is 0 Å². The van der Waals surface area contributed by atoms with E-state index in [1.54, 1.807) is 0 Å². The van der Waals surface area contributed by atoms with Crippen LogP contribution in [0.1, 0.15) is 25.7 Å². The average Bonchev–Trinajstić information content (AvgIpc) is 2.32. The molecule has 2 atom stereocenters.